The number of likely N-dealkylation sites (tertiary alicyclic amines) is 1. The second-order valence-electron chi connectivity index (χ2n) is 7.83. The molecule has 0 aliphatic carbocycles. The quantitative estimate of drug-likeness (QED) is 0.418. The van der Waals surface area contributed by atoms with E-state index in [4.69, 9.17) is 23.2 Å². The van der Waals surface area contributed by atoms with Crippen LogP contribution in [0.15, 0.2) is 61.2 Å². The summed E-state index contributed by atoms with van der Waals surface area (Å²) in [4.78, 5) is 15.7. The van der Waals surface area contributed by atoms with Crippen molar-refractivity contribution in [2.45, 2.75) is 57.5 Å². The SMILES string of the molecule is C=CCC1CC(c2cccc(Cl)c2)C(c2ccc(Cl)cc2)N(C(CC)CC)C1=O. The highest BCUT2D eigenvalue weighted by Crippen LogP contribution is 2.47. The zero-order valence-corrected chi connectivity index (χ0v) is 18.7. The maximum Gasteiger partial charge on any atom is 0.226 e. The van der Waals surface area contributed by atoms with Gasteiger partial charge in [-0.2, -0.15) is 0 Å². The van der Waals surface area contributed by atoms with Crippen molar-refractivity contribution in [3.05, 3.63) is 82.4 Å². The van der Waals surface area contributed by atoms with Crippen molar-refractivity contribution >= 4 is 29.1 Å². The molecule has 0 aromatic heterocycles. The molecule has 3 atom stereocenters. The molecule has 0 saturated carbocycles. The number of rotatable bonds is 7. The number of hydrogen-bond donors (Lipinski definition) is 0. The summed E-state index contributed by atoms with van der Waals surface area (Å²) in [5, 5.41) is 1.43. The average molecular weight is 430 g/mol. The van der Waals surface area contributed by atoms with Crippen LogP contribution in [0.3, 0.4) is 0 Å². The first-order valence-electron chi connectivity index (χ1n) is 10.4. The molecule has 1 saturated heterocycles. The van der Waals surface area contributed by atoms with E-state index < -0.39 is 0 Å². The van der Waals surface area contributed by atoms with Gasteiger partial charge in [0.1, 0.15) is 0 Å². The summed E-state index contributed by atoms with van der Waals surface area (Å²) in [5.74, 6) is 0.343. The van der Waals surface area contributed by atoms with Crippen LogP contribution < -0.4 is 0 Å². The van der Waals surface area contributed by atoms with Gasteiger partial charge in [0.05, 0.1) is 6.04 Å². The van der Waals surface area contributed by atoms with E-state index in [2.05, 4.69) is 43.5 Å². The molecular weight excluding hydrogens is 401 g/mol. The molecule has 29 heavy (non-hydrogen) atoms. The Labute approximate surface area is 184 Å². The Morgan fingerprint density at radius 3 is 2.34 bits per heavy atom. The van der Waals surface area contributed by atoms with Gasteiger partial charge >= 0.3 is 0 Å². The van der Waals surface area contributed by atoms with E-state index in [0.717, 1.165) is 29.8 Å². The number of carbonyl (C=O) groups is 1. The monoisotopic (exact) mass is 429 g/mol. The van der Waals surface area contributed by atoms with Gasteiger partial charge in [-0.3, -0.25) is 4.79 Å². The summed E-state index contributed by atoms with van der Waals surface area (Å²) >= 11 is 12.5. The molecule has 4 heteroatoms. The smallest absolute Gasteiger partial charge is 0.226 e. The fraction of sp³-hybridized carbons (Fsp3) is 0.400. The van der Waals surface area contributed by atoms with E-state index in [1.807, 2.05) is 36.4 Å². The lowest BCUT2D eigenvalue weighted by atomic mass is 9.74. The van der Waals surface area contributed by atoms with Crippen molar-refractivity contribution in [1.29, 1.82) is 0 Å². The van der Waals surface area contributed by atoms with Gasteiger partial charge in [-0.05, 0) is 61.1 Å². The number of piperidine rings is 1. The fourth-order valence-corrected chi connectivity index (χ4v) is 5.00. The predicted octanol–water partition coefficient (Wildman–Crippen LogP) is 7.43. The van der Waals surface area contributed by atoms with Crippen LogP contribution in [-0.2, 0) is 4.79 Å². The Hall–Kier alpha value is -1.77. The van der Waals surface area contributed by atoms with E-state index in [0.29, 0.717) is 11.4 Å². The minimum atomic E-state index is -0.0550. The lowest BCUT2D eigenvalue weighted by Gasteiger charge is -2.48. The standard InChI is InChI=1S/C25H29Cl2NO/c1-4-8-19-16-23(18-9-7-10-21(27)15-18)24(17-11-13-20(26)14-12-17)28(25(19)29)22(5-2)6-3/h4,7,9-15,19,22-24H,1,5-6,8,16H2,2-3H3. The van der Waals surface area contributed by atoms with Gasteiger partial charge in [0.25, 0.3) is 0 Å². The molecule has 1 amide bonds. The van der Waals surface area contributed by atoms with Crippen molar-refractivity contribution < 1.29 is 4.79 Å². The van der Waals surface area contributed by atoms with Crippen LogP contribution in [0.25, 0.3) is 0 Å². The molecule has 3 unspecified atom stereocenters. The molecule has 1 aliphatic heterocycles. The Bertz CT molecular complexity index is 844. The molecule has 0 radical (unpaired) electrons. The minimum Gasteiger partial charge on any atom is -0.332 e. The van der Waals surface area contributed by atoms with E-state index in [1.54, 1.807) is 0 Å². The number of nitrogens with zero attached hydrogens (tertiary/aromatic N) is 1. The van der Waals surface area contributed by atoms with E-state index in [1.165, 1.54) is 5.56 Å². The van der Waals surface area contributed by atoms with Gasteiger partial charge < -0.3 is 4.90 Å². The van der Waals surface area contributed by atoms with Gasteiger partial charge in [0.15, 0.2) is 0 Å². The molecule has 2 nitrogen and oxygen atoms in total. The van der Waals surface area contributed by atoms with Gasteiger partial charge in [-0.15, -0.1) is 6.58 Å². The Balaban J connectivity index is 2.16. The first-order chi connectivity index (χ1) is 14.0. The summed E-state index contributed by atoms with van der Waals surface area (Å²) in [6, 6.07) is 16.2. The van der Waals surface area contributed by atoms with Crippen LogP contribution in [0.5, 0.6) is 0 Å². The molecule has 0 spiro atoms. The number of allylic oxidation sites excluding steroid dienone is 1. The number of benzene rings is 2. The summed E-state index contributed by atoms with van der Waals surface area (Å²) in [6.07, 6.45) is 5.20. The van der Waals surface area contributed by atoms with Crippen LogP contribution in [-0.4, -0.2) is 16.8 Å². The number of halogens is 2. The number of amides is 1. The molecule has 2 aromatic rings. The van der Waals surface area contributed by atoms with Crippen molar-refractivity contribution in [3.8, 4) is 0 Å². The molecule has 1 fully saturated rings. The number of carbonyl (C=O) groups excluding carboxylic acids is 1. The lowest BCUT2D eigenvalue weighted by Crippen LogP contribution is -2.51. The molecule has 0 N–H and O–H groups in total. The van der Waals surface area contributed by atoms with Crippen molar-refractivity contribution in [3.63, 3.8) is 0 Å². The van der Waals surface area contributed by atoms with E-state index >= 15 is 0 Å². The minimum absolute atomic E-state index is 0.0378. The van der Waals surface area contributed by atoms with Crippen LogP contribution in [0.1, 0.15) is 62.6 Å². The lowest BCUT2D eigenvalue weighted by molar-refractivity contribution is -0.146. The first-order valence-corrected chi connectivity index (χ1v) is 11.2. The summed E-state index contributed by atoms with van der Waals surface area (Å²) in [6.45, 7) is 8.21. The van der Waals surface area contributed by atoms with Gasteiger partial charge in [0.2, 0.25) is 5.91 Å². The zero-order valence-electron chi connectivity index (χ0n) is 17.2. The van der Waals surface area contributed by atoms with Gasteiger partial charge in [0, 0.05) is 27.9 Å². The van der Waals surface area contributed by atoms with E-state index in [-0.39, 0.29) is 29.8 Å². The van der Waals surface area contributed by atoms with Gasteiger partial charge in [-0.1, -0.05) is 67.4 Å². The average Bonchev–Trinajstić information content (AvgIpc) is 2.72. The normalized spacial score (nSPS) is 22.2. The number of hydrogen-bond acceptors (Lipinski definition) is 1. The third kappa shape index (κ3) is 4.70. The van der Waals surface area contributed by atoms with Crippen molar-refractivity contribution in [2.24, 2.45) is 5.92 Å². The third-order valence-corrected chi connectivity index (χ3v) is 6.59. The molecule has 1 heterocycles. The van der Waals surface area contributed by atoms with Crippen LogP contribution in [0.2, 0.25) is 10.0 Å². The fourth-order valence-electron chi connectivity index (χ4n) is 4.67. The zero-order chi connectivity index (χ0) is 21.0. The maximum atomic E-state index is 13.6. The van der Waals surface area contributed by atoms with Crippen LogP contribution in [0, 0.1) is 5.92 Å². The highest BCUT2D eigenvalue weighted by molar-refractivity contribution is 6.30. The molecule has 3 rings (SSSR count). The Morgan fingerprint density at radius 2 is 1.76 bits per heavy atom. The highest BCUT2D eigenvalue weighted by atomic mass is 35.5. The second kappa shape index (κ2) is 9.82. The summed E-state index contributed by atoms with van der Waals surface area (Å²) in [7, 11) is 0. The van der Waals surface area contributed by atoms with Crippen LogP contribution in [0.4, 0.5) is 0 Å². The van der Waals surface area contributed by atoms with Crippen LogP contribution >= 0.6 is 23.2 Å². The second-order valence-corrected chi connectivity index (χ2v) is 8.70. The molecule has 154 valence electrons. The Kier molecular flexibility index (Phi) is 7.43. The van der Waals surface area contributed by atoms with Crippen molar-refractivity contribution in [1.82, 2.24) is 4.90 Å². The molecule has 1 aliphatic rings. The Morgan fingerprint density at radius 1 is 1.07 bits per heavy atom. The molecular formula is C25H29Cl2NO. The summed E-state index contributed by atoms with van der Waals surface area (Å²) < 4.78 is 0. The van der Waals surface area contributed by atoms with Crippen molar-refractivity contribution in [2.75, 3.05) is 0 Å². The predicted molar refractivity (Wildman–Crippen MR) is 123 cm³/mol. The maximum absolute atomic E-state index is 13.6. The molecule has 0 bridgehead atoms. The largest absolute Gasteiger partial charge is 0.332 e. The van der Waals surface area contributed by atoms with Gasteiger partial charge in [-0.25, -0.2) is 0 Å². The molecule has 2 aromatic carbocycles. The first kappa shape index (κ1) is 21.9. The summed E-state index contributed by atoms with van der Waals surface area (Å²) in [5.41, 5.74) is 2.30. The highest BCUT2D eigenvalue weighted by Gasteiger charge is 2.44. The topological polar surface area (TPSA) is 20.3 Å². The third-order valence-electron chi connectivity index (χ3n) is 6.10. The van der Waals surface area contributed by atoms with E-state index in [9.17, 15) is 4.79 Å².